The van der Waals surface area contributed by atoms with Crippen molar-refractivity contribution in [3.05, 3.63) is 46.9 Å². The predicted octanol–water partition coefficient (Wildman–Crippen LogP) is 3.64. The van der Waals surface area contributed by atoms with Gasteiger partial charge in [-0.25, -0.2) is 17.9 Å². The zero-order valence-electron chi connectivity index (χ0n) is 18.1. The Balaban J connectivity index is 1.22. The van der Waals surface area contributed by atoms with E-state index in [0.29, 0.717) is 48.5 Å². The van der Waals surface area contributed by atoms with E-state index in [4.69, 9.17) is 4.42 Å². The molecule has 4 atom stereocenters. The van der Waals surface area contributed by atoms with Crippen LogP contribution < -0.4 is 10.2 Å². The molecule has 2 aliphatic heterocycles. The van der Waals surface area contributed by atoms with Crippen molar-refractivity contribution in [3.63, 3.8) is 0 Å². The predicted molar refractivity (Wildman–Crippen MR) is 112 cm³/mol. The number of fused-ring (bicyclic) bond motifs is 3. The summed E-state index contributed by atoms with van der Waals surface area (Å²) in [5.74, 6) is -1.83. The van der Waals surface area contributed by atoms with Gasteiger partial charge in [0.05, 0.1) is 0 Å². The third-order valence-electron chi connectivity index (χ3n) is 7.23. The van der Waals surface area contributed by atoms with Crippen LogP contribution in [0.4, 0.5) is 25.1 Å². The number of rotatable bonds is 4. The highest BCUT2D eigenvalue weighted by Gasteiger charge is 2.44. The van der Waals surface area contributed by atoms with E-state index in [9.17, 15) is 13.2 Å². The van der Waals surface area contributed by atoms with Gasteiger partial charge < -0.3 is 14.6 Å². The first-order chi connectivity index (χ1) is 16.0. The average Bonchev–Trinajstić information content (AvgIpc) is 3.48. The van der Waals surface area contributed by atoms with E-state index in [-0.39, 0.29) is 11.6 Å². The summed E-state index contributed by atoms with van der Waals surface area (Å²) in [6, 6.07) is 3.06. The number of piperidine rings is 1. The summed E-state index contributed by atoms with van der Waals surface area (Å²) in [5, 5.41) is 16.2. The second-order valence-corrected chi connectivity index (χ2v) is 9.25. The van der Waals surface area contributed by atoms with E-state index in [0.717, 1.165) is 38.4 Å². The molecule has 1 aromatic carbocycles. The van der Waals surface area contributed by atoms with Crippen molar-refractivity contribution in [2.24, 2.45) is 11.8 Å². The third kappa shape index (κ3) is 3.44. The van der Waals surface area contributed by atoms with Crippen LogP contribution in [0, 0.1) is 36.2 Å². The largest absolute Gasteiger partial charge is 0.408 e. The van der Waals surface area contributed by atoms with Gasteiger partial charge in [0.15, 0.2) is 17.5 Å². The van der Waals surface area contributed by atoms with Crippen molar-refractivity contribution in [3.8, 4) is 0 Å². The standard InChI is InChI=1S/C22H24F3N7O/c1-11-28-29-22(33-11)31-9-12-4-5-13(10-31)19(12)26-21-27-20-15(3-2-8-32(20)30-21)14-6-7-16(23)18(25)17(14)24/h6-7,12-13,15,19H,2-5,8-10H2,1H3,(H,26,30)/t12-,13+,15?,19?. The van der Waals surface area contributed by atoms with E-state index in [2.05, 4.69) is 30.5 Å². The number of hydrogen-bond donors (Lipinski definition) is 1. The fourth-order valence-electron chi connectivity index (χ4n) is 5.69. The lowest BCUT2D eigenvalue weighted by Gasteiger charge is -2.37. The Morgan fingerprint density at radius 1 is 1.03 bits per heavy atom. The molecule has 1 saturated heterocycles. The zero-order chi connectivity index (χ0) is 22.7. The highest BCUT2D eigenvalue weighted by atomic mass is 19.2. The molecule has 1 saturated carbocycles. The Labute approximate surface area is 188 Å². The van der Waals surface area contributed by atoms with Crippen LogP contribution in [0.1, 0.15) is 48.9 Å². The van der Waals surface area contributed by atoms with E-state index < -0.39 is 23.4 Å². The molecule has 6 rings (SSSR count). The Kier molecular flexibility index (Phi) is 4.81. The van der Waals surface area contributed by atoms with Gasteiger partial charge in [-0.05, 0) is 43.6 Å². The third-order valence-corrected chi connectivity index (χ3v) is 7.23. The van der Waals surface area contributed by atoms with Gasteiger partial charge >= 0.3 is 6.01 Å². The molecule has 2 bridgehead atoms. The van der Waals surface area contributed by atoms with E-state index in [1.165, 1.54) is 6.07 Å². The van der Waals surface area contributed by atoms with E-state index >= 15 is 0 Å². The van der Waals surface area contributed by atoms with Crippen LogP contribution in [-0.4, -0.2) is 44.1 Å². The van der Waals surface area contributed by atoms with Crippen molar-refractivity contribution < 1.29 is 17.6 Å². The second-order valence-electron chi connectivity index (χ2n) is 9.25. The maximum Gasteiger partial charge on any atom is 0.318 e. The molecule has 8 nitrogen and oxygen atoms in total. The maximum absolute atomic E-state index is 14.5. The highest BCUT2D eigenvalue weighted by molar-refractivity contribution is 5.36. The number of nitrogens with one attached hydrogen (secondary N) is 1. The van der Waals surface area contributed by atoms with Crippen LogP contribution in [0.25, 0.3) is 0 Å². The molecule has 0 radical (unpaired) electrons. The normalized spacial score (nSPS) is 26.5. The fraction of sp³-hybridized carbons (Fsp3) is 0.545. The molecule has 3 aromatic rings. The molecule has 1 aliphatic carbocycles. The molecule has 0 amide bonds. The van der Waals surface area contributed by atoms with Gasteiger partial charge in [-0.2, -0.15) is 4.98 Å². The molecule has 1 N–H and O–H groups in total. The number of benzene rings is 1. The summed E-state index contributed by atoms with van der Waals surface area (Å²) >= 11 is 0. The molecule has 33 heavy (non-hydrogen) atoms. The lowest BCUT2D eigenvalue weighted by Crippen LogP contribution is -2.48. The average molecular weight is 459 g/mol. The van der Waals surface area contributed by atoms with Crippen molar-refractivity contribution in [1.29, 1.82) is 0 Å². The van der Waals surface area contributed by atoms with Crippen molar-refractivity contribution in [2.75, 3.05) is 23.3 Å². The molecular formula is C22H24F3N7O. The molecule has 2 aromatic heterocycles. The smallest absolute Gasteiger partial charge is 0.318 e. The Morgan fingerprint density at radius 3 is 2.55 bits per heavy atom. The lowest BCUT2D eigenvalue weighted by molar-refractivity contribution is 0.356. The monoisotopic (exact) mass is 459 g/mol. The topological polar surface area (TPSA) is 84.9 Å². The molecule has 4 heterocycles. The molecule has 2 fully saturated rings. The first-order valence-corrected chi connectivity index (χ1v) is 11.4. The first kappa shape index (κ1) is 20.5. The molecular weight excluding hydrogens is 435 g/mol. The fourth-order valence-corrected chi connectivity index (χ4v) is 5.69. The van der Waals surface area contributed by atoms with Crippen LogP contribution in [0.15, 0.2) is 16.5 Å². The molecule has 174 valence electrons. The van der Waals surface area contributed by atoms with E-state index in [1.807, 2.05) is 0 Å². The Bertz CT molecular complexity index is 1180. The minimum atomic E-state index is -1.44. The molecule has 11 heteroatoms. The Hall–Kier alpha value is -3.11. The summed E-state index contributed by atoms with van der Waals surface area (Å²) in [4.78, 5) is 6.82. The summed E-state index contributed by atoms with van der Waals surface area (Å²) in [6.07, 6.45) is 3.53. The van der Waals surface area contributed by atoms with Gasteiger partial charge in [-0.3, -0.25) is 0 Å². The van der Waals surface area contributed by atoms with Gasteiger partial charge in [-0.1, -0.05) is 11.2 Å². The van der Waals surface area contributed by atoms with Gasteiger partial charge in [0.2, 0.25) is 11.8 Å². The van der Waals surface area contributed by atoms with Crippen molar-refractivity contribution in [1.82, 2.24) is 25.0 Å². The Morgan fingerprint density at radius 2 is 1.82 bits per heavy atom. The summed E-state index contributed by atoms with van der Waals surface area (Å²) < 4.78 is 49.2. The van der Waals surface area contributed by atoms with Gasteiger partial charge in [0.1, 0.15) is 5.82 Å². The second kappa shape index (κ2) is 7.74. The first-order valence-electron chi connectivity index (χ1n) is 11.4. The summed E-state index contributed by atoms with van der Waals surface area (Å²) in [5.41, 5.74) is 0.122. The molecule has 0 spiro atoms. The van der Waals surface area contributed by atoms with E-state index in [1.54, 1.807) is 11.6 Å². The number of anilines is 2. The molecule has 2 unspecified atom stereocenters. The number of aromatic nitrogens is 5. The van der Waals surface area contributed by atoms with Crippen molar-refractivity contribution in [2.45, 2.75) is 51.1 Å². The highest BCUT2D eigenvalue weighted by Crippen LogP contribution is 2.40. The number of hydrogen-bond acceptors (Lipinski definition) is 7. The van der Waals surface area contributed by atoms with Gasteiger partial charge in [0.25, 0.3) is 0 Å². The van der Waals surface area contributed by atoms with Crippen LogP contribution in [-0.2, 0) is 6.54 Å². The minimum absolute atomic E-state index is 0.122. The summed E-state index contributed by atoms with van der Waals surface area (Å²) in [6.45, 7) is 4.07. The lowest BCUT2D eigenvalue weighted by atomic mass is 9.90. The molecule has 3 aliphatic rings. The van der Waals surface area contributed by atoms with Crippen LogP contribution in [0.5, 0.6) is 0 Å². The number of halogens is 3. The zero-order valence-corrected chi connectivity index (χ0v) is 18.1. The maximum atomic E-state index is 14.5. The number of aryl methyl sites for hydroxylation is 2. The van der Waals surface area contributed by atoms with Crippen LogP contribution in [0.2, 0.25) is 0 Å². The van der Waals surface area contributed by atoms with Crippen molar-refractivity contribution >= 4 is 12.0 Å². The van der Waals surface area contributed by atoms with Crippen LogP contribution in [0.3, 0.4) is 0 Å². The quantitative estimate of drug-likeness (QED) is 0.597. The summed E-state index contributed by atoms with van der Waals surface area (Å²) in [7, 11) is 0. The minimum Gasteiger partial charge on any atom is -0.408 e. The van der Waals surface area contributed by atoms with Gasteiger partial charge in [-0.15, -0.1) is 10.2 Å². The van der Waals surface area contributed by atoms with Gasteiger partial charge in [0, 0.05) is 44.1 Å². The van der Waals surface area contributed by atoms with Crippen LogP contribution >= 0.6 is 0 Å². The SMILES string of the molecule is Cc1nnc(N2C[C@H]3CC[C@@H](C2)C3Nc2nc3n(n2)CCCC3c2ccc(F)c(F)c2F)o1. The number of nitrogens with zero attached hydrogens (tertiary/aromatic N) is 6.